The van der Waals surface area contributed by atoms with E-state index in [0.29, 0.717) is 24.9 Å². The first kappa shape index (κ1) is 28.9. The Morgan fingerprint density at radius 3 is 2.14 bits per heavy atom. The molecule has 2 unspecified atom stereocenters. The predicted molar refractivity (Wildman–Crippen MR) is 164 cm³/mol. The minimum atomic E-state index is -0.875. The summed E-state index contributed by atoms with van der Waals surface area (Å²) in [5.41, 5.74) is 3.96. The quantitative estimate of drug-likeness (QED) is 0.421. The Hall–Kier alpha value is -4.17. The summed E-state index contributed by atoms with van der Waals surface area (Å²) in [7, 11) is 1.86. The molecule has 8 heteroatoms. The van der Waals surface area contributed by atoms with Crippen molar-refractivity contribution in [3.8, 4) is 0 Å². The highest BCUT2D eigenvalue weighted by molar-refractivity contribution is 6.01. The van der Waals surface area contributed by atoms with E-state index in [1.807, 2.05) is 110 Å². The van der Waals surface area contributed by atoms with Gasteiger partial charge in [0.1, 0.15) is 17.7 Å². The molecular formula is C35H39N3O5. The summed E-state index contributed by atoms with van der Waals surface area (Å²) < 4.78 is 5.82. The Bertz CT molecular complexity index is 1530. The number of hydrogen-bond acceptors (Lipinski definition) is 5. The second-order valence-electron chi connectivity index (χ2n) is 12.9. The summed E-state index contributed by atoms with van der Waals surface area (Å²) in [6, 6.07) is 23.3. The molecule has 5 atom stereocenters. The van der Waals surface area contributed by atoms with Crippen molar-refractivity contribution in [3.05, 3.63) is 101 Å². The number of carboxylic acids is 1. The zero-order valence-electron chi connectivity index (χ0n) is 25.1. The molecule has 3 heterocycles. The number of amides is 2. The van der Waals surface area contributed by atoms with Crippen LogP contribution in [-0.2, 0) is 27.2 Å². The molecule has 8 nitrogen and oxygen atoms in total. The predicted octanol–water partition coefficient (Wildman–Crippen LogP) is 5.77. The molecule has 0 aromatic heterocycles. The molecule has 3 aliphatic heterocycles. The van der Waals surface area contributed by atoms with Crippen LogP contribution in [0.2, 0.25) is 0 Å². The van der Waals surface area contributed by atoms with Crippen LogP contribution in [0.5, 0.6) is 0 Å². The summed E-state index contributed by atoms with van der Waals surface area (Å²) in [6.07, 6.45) is 1.68. The van der Waals surface area contributed by atoms with Crippen molar-refractivity contribution >= 4 is 23.7 Å². The minimum absolute atomic E-state index is 0.151. The molecule has 1 N–H and O–H groups in total. The van der Waals surface area contributed by atoms with Gasteiger partial charge in [-0.2, -0.15) is 0 Å². The molecule has 0 bridgehead atoms. The molecule has 0 radical (unpaired) electrons. The fourth-order valence-corrected chi connectivity index (χ4v) is 7.27. The fourth-order valence-electron chi connectivity index (χ4n) is 7.27. The van der Waals surface area contributed by atoms with Crippen LogP contribution in [0.1, 0.15) is 68.0 Å². The standard InChI is InChI=1S/C35H39N3O5/c1-35(2,3)43-34(42)38-26-17-11-9-15-24(26)21-29(38)32(39)37-27(22-12-6-5-7-13-22)18-19-28(37)31-25-16-10-8-14-23(25)20-30(33(40)41)36(31)4/h5-17,27-31H,18-21H2,1-4H3,(H,40,41)/t27-,28?,29+,30+,31?/m0/s1. The number of benzene rings is 3. The normalized spacial score (nSPS) is 25.3. The molecule has 3 aromatic rings. The average molecular weight is 582 g/mol. The van der Waals surface area contributed by atoms with Gasteiger partial charge in [-0.05, 0) is 75.4 Å². The van der Waals surface area contributed by atoms with Crippen molar-refractivity contribution < 1.29 is 24.2 Å². The van der Waals surface area contributed by atoms with E-state index < -0.39 is 29.7 Å². The number of likely N-dealkylation sites (N-methyl/N-ethyl adjacent to an activating group) is 1. The topological polar surface area (TPSA) is 90.4 Å². The molecule has 2 amide bonds. The van der Waals surface area contributed by atoms with E-state index in [9.17, 15) is 14.7 Å². The first-order valence-electron chi connectivity index (χ1n) is 15.0. The van der Waals surface area contributed by atoms with Crippen LogP contribution >= 0.6 is 0 Å². The number of carboxylic acid groups (broad SMARTS) is 1. The molecule has 0 spiro atoms. The number of rotatable bonds is 4. The lowest BCUT2D eigenvalue weighted by atomic mass is 9.84. The van der Waals surface area contributed by atoms with E-state index in [1.54, 1.807) is 0 Å². The van der Waals surface area contributed by atoms with Crippen molar-refractivity contribution in [2.75, 3.05) is 11.9 Å². The van der Waals surface area contributed by atoms with Gasteiger partial charge >= 0.3 is 12.1 Å². The second kappa shape index (κ2) is 11.2. The van der Waals surface area contributed by atoms with E-state index in [1.165, 1.54) is 4.90 Å². The van der Waals surface area contributed by atoms with Crippen LogP contribution in [0.25, 0.3) is 0 Å². The van der Waals surface area contributed by atoms with Gasteiger partial charge in [0.2, 0.25) is 5.91 Å². The van der Waals surface area contributed by atoms with Crippen LogP contribution in [0.3, 0.4) is 0 Å². The number of carbonyl (C=O) groups excluding carboxylic acids is 2. The van der Waals surface area contributed by atoms with Gasteiger partial charge in [-0.1, -0.05) is 72.8 Å². The van der Waals surface area contributed by atoms with Crippen molar-refractivity contribution in [1.29, 1.82) is 0 Å². The van der Waals surface area contributed by atoms with Gasteiger partial charge in [0, 0.05) is 6.42 Å². The third-order valence-electron chi connectivity index (χ3n) is 9.09. The second-order valence-corrected chi connectivity index (χ2v) is 12.9. The number of aliphatic carboxylic acids is 1. The Kier molecular flexibility index (Phi) is 7.50. The van der Waals surface area contributed by atoms with Gasteiger partial charge in [0.15, 0.2) is 0 Å². The summed E-state index contributed by atoms with van der Waals surface area (Å²) in [4.78, 5) is 46.5. The maximum atomic E-state index is 15.0. The lowest BCUT2D eigenvalue weighted by molar-refractivity contribution is -0.145. The largest absolute Gasteiger partial charge is 0.480 e. The Balaban J connectivity index is 1.44. The number of para-hydroxylation sites is 1. The van der Waals surface area contributed by atoms with E-state index >= 15 is 4.79 Å². The minimum Gasteiger partial charge on any atom is -0.480 e. The zero-order chi connectivity index (χ0) is 30.5. The summed E-state index contributed by atoms with van der Waals surface area (Å²) in [5.74, 6) is -1.03. The molecular weight excluding hydrogens is 542 g/mol. The van der Waals surface area contributed by atoms with Crippen molar-refractivity contribution in [2.45, 2.75) is 82.3 Å². The molecule has 224 valence electrons. The Morgan fingerprint density at radius 1 is 0.814 bits per heavy atom. The number of likely N-dealkylation sites (tertiary alicyclic amines) is 1. The lowest BCUT2D eigenvalue weighted by Crippen LogP contribution is -2.57. The SMILES string of the molecule is CN1C(C2CC[C@@H](c3ccccc3)N2C(=O)[C@H]2Cc3ccccc3N2C(=O)OC(C)(C)C)c2ccccc2C[C@@H]1C(=O)O. The first-order chi connectivity index (χ1) is 20.5. The summed E-state index contributed by atoms with van der Waals surface area (Å²) >= 11 is 0. The fraction of sp³-hybridized carbons (Fsp3) is 0.400. The first-order valence-corrected chi connectivity index (χ1v) is 15.0. The number of carbonyl (C=O) groups is 3. The molecule has 6 rings (SSSR count). The molecule has 0 saturated carbocycles. The smallest absolute Gasteiger partial charge is 0.415 e. The van der Waals surface area contributed by atoms with Gasteiger partial charge < -0.3 is 14.7 Å². The highest BCUT2D eigenvalue weighted by Gasteiger charge is 2.51. The lowest BCUT2D eigenvalue weighted by Gasteiger charge is -2.46. The molecule has 1 saturated heterocycles. The monoisotopic (exact) mass is 581 g/mol. The van der Waals surface area contributed by atoms with Gasteiger partial charge in [-0.3, -0.25) is 19.4 Å². The number of ether oxygens (including phenoxy) is 1. The van der Waals surface area contributed by atoms with E-state index in [-0.39, 0.29) is 24.0 Å². The van der Waals surface area contributed by atoms with E-state index in [0.717, 1.165) is 28.7 Å². The Labute approximate surface area is 252 Å². The number of anilines is 1. The van der Waals surface area contributed by atoms with Gasteiger partial charge in [-0.15, -0.1) is 0 Å². The maximum absolute atomic E-state index is 15.0. The van der Waals surface area contributed by atoms with Gasteiger partial charge in [0.25, 0.3) is 0 Å². The third kappa shape index (κ3) is 5.29. The summed E-state index contributed by atoms with van der Waals surface area (Å²) in [6.45, 7) is 5.46. The highest BCUT2D eigenvalue weighted by atomic mass is 16.6. The number of fused-ring (bicyclic) bond motifs is 2. The molecule has 43 heavy (non-hydrogen) atoms. The van der Waals surface area contributed by atoms with Gasteiger partial charge in [-0.25, -0.2) is 4.79 Å². The average Bonchev–Trinajstić information content (AvgIpc) is 3.58. The molecule has 0 aliphatic carbocycles. The van der Waals surface area contributed by atoms with Crippen LogP contribution in [-0.4, -0.2) is 63.7 Å². The van der Waals surface area contributed by atoms with Crippen LogP contribution in [0.15, 0.2) is 78.9 Å². The van der Waals surface area contributed by atoms with Crippen molar-refractivity contribution in [1.82, 2.24) is 9.80 Å². The van der Waals surface area contributed by atoms with Crippen molar-refractivity contribution in [3.63, 3.8) is 0 Å². The van der Waals surface area contributed by atoms with Gasteiger partial charge in [0.05, 0.1) is 23.8 Å². The number of hydrogen-bond donors (Lipinski definition) is 1. The van der Waals surface area contributed by atoms with Crippen LogP contribution in [0.4, 0.5) is 10.5 Å². The van der Waals surface area contributed by atoms with E-state index in [4.69, 9.17) is 4.74 Å². The summed E-state index contributed by atoms with van der Waals surface area (Å²) in [5, 5.41) is 10.2. The highest BCUT2D eigenvalue weighted by Crippen LogP contribution is 2.47. The molecule has 1 fully saturated rings. The molecule has 3 aromatic carbocycles. The van der Waals surface area contributed by atoms with Crippen LogP contribution in [0, 0.1) is 0 Å². The van der Waals surface area contributed by atoms with Crippen LogP contribution < -0.4 is 4.90 Å². The molecule has 3 aliphatic rings. The Morgan fingerprint density at radius 2 is 1.44 bits per heavy atom. The number of nitrogens with zero attached hydrogens (tertiary/aromatic N) is 3. The van der Waals surface area contributed by atoms with E-state index in [2.05, 4.69) is 6.07 Å². The zero-order valence-corrected chi connectivity index (χ0v) is 25.1. The third-order valence-corrected chi connectivity index (χ3v) is 9.09. The maximum Gasteiger partial charge on any atom is 0.415 e. The van der Waals surface area contributed by atoms with Crippen molar-refractivity contribution in [2.24, 2.45) is 0 Å².